The van der Waals surface area contributed by atoms with Gasteiger partial charge in [-0.3, -0.25) is 4.79 Å². The second-order valence-electron chi connectivity index (χ2n) is 8.20. The van der Waals surface area contributed by atoms with Crippen LogP contribution in [-0.2, 0) is 10.2 Å². The van der Waals surface area contributed by atoms with Crippen molar-refractivity contribution in [1.82, 2.24) is 0 Å². The molecule has 4 nitrogen and oxygen atoms in total. The van der Waals surface area contributed by atoms with Crippen LogP contribution in [0.1, 0.15) is 48.7 Å². The average Bonchev–Trinajstić information content (AvgIpc) is 2.70. The normalized spacial score (nSPS) is 15.8. The van der Waals surface area contributed by atoms with Crippen molar-refractivity contribution in [2.75, 3.05) is 0 Å². The van der Waals surface area contributed by atoms with Crippen LogP contribution in [0, 0.1) is 12.8 Å². The predicted octanol–water partition coefficient (Wildman–Crippen LogP) is 5.55. The lowest BCUT2D eigenvalue weighted by Gasteiger charge is -2.23. The van der Waals surface area contributed by atoms with Gasteiger partial charge in [0.05, 0.1) is 11.5 Å². The fourth-order valence-corrected chi connectivity index (χ4v) is 3.05. The molecule has 1 aliphatic rings. The highest BCUT2D eigenvalue weighted by Gasteiger charge is 2.25. The van der Waals surface area contributed by atoms with Crippen LogP contribution in [0.2, 0.25) is 0 Å². The molecule has 0 aliphatic heterocycles. The molecule has 0 spiro atoms. The Bertz CT molecular complexity index is 962. The average molecular weight is 390 g/mol. The lowest BCUT2D eigenvalue weighted by Crippen LogP contribution is -2.21. The van der Waals surface area contributed by atoms with E-state index < -0.39 is 5.97 Å². The summed E-state index contributed by atoms with van der Waals surface area (Å²) in [6.45, 7) is 8.09. The molecule has 150 valence electrons. The van der Waals surface area contributed by atoms with Gasteiger partial charge < -0.3 is 9.47 Å². The third-order valence-electron chi connectivity index (χ3n) is 4.80. The summed E-state index contributed by atoms with van der Waals surface area (Å²) in [5.74, 6) is -0.665. The van der Waals surface area contributed by atoms with E-state index in [1.165, 1.54) is 0 Å². The first-order valence-electron chi connectivity index (χ1n) is 9.73. The summed E-state index contributed by atoms with van der Waals surface area (Å²) >= 11 is 0. The largest absolute Gasteiger partial charge is 0.422 e. The fraction of sp³-hybridized carbons (Fsp3) is 0.280. The van der Waals surface area contributed by atoms with Crippen molar-refractivity contribution in [3.8, 4) is 11.5 Å². The van der Waals surface area contributed by atoms with Gasteiger partial charge in [-0.05, 0) is 48.1 Å². The number of allylic oxidation sites excluding steroid dienone is 3. The van der Waals surface area contributed by atoms with Gasteiger partial charge in [-0.25, -0.2) is 4.79 Å². The highest BCUT2D eigenvalue weighted by molar-refractivity contribution is 5.91. The summed E-state index contributed by atoms with van der Waals surface area (Å²) < 4.78 is 11.4. The number of esters is 2. The molecule has 0 radical (unpaired) electrons. The van der Waals surface area contributed by atoms with E-state index >= 15 is 0 Å². The maximum Gasteiger partial charge on any atom is 0.343 e. The molecule has 0 saturated heterocycles. The van der Waals surface area contributed by atoms with Crippen LogP contribution in [0.4, 0.5) is 0 Å². The Labute approximate surface area is 171 Å². The number of rotatable bonds is 4. The molecule has 2 aromatic rings. The van der Waals surface area contributed by atoms with Crippen molar-refractivity contribution in [3.63, 3.8) is 0 Å². The molecule has 0 aromatic heterocycles. The number of hydrogen-bond acceptors (Lipinski definition) is 4. The van der Waals surface area contributed by atoms with E-state index in [9.17, 15) is 9.59 Å². The molecule has 2 aromatic carbocycles. The molecule has 0 heterocycles. The van der Waals surface area contributed by atoms with Crippen LogP contribution in [0.25, 0.3) is 0 Å². The van der Waals surface area contributed by atoms with Gasteiger partial charge in [-0.15, -0.1) is 0 Å². The van der Waals surface area contributed by atoms with Crippen LogP contribution in [0.3, 0.4) is 0 Å². The maximum atomic E-state index is 12.7. The van der Waals surface area contributed by atoms with Gasteiger partial charge in [0.15, 0.2) is 11.5 Å². The Morgan fingerprint density at radius 2 is 1.72 bits per heavy atom. The summed E-state index contributed by atoms with van der Waals surface area (Å²) in [6.07, 6.45) is 8.08. The monoisotopic (exact) mass is 390 g/mol. The molecule has 1 atom stereocenters. The van der Waals surface area contributed by atoms with Gasteiger partial charge >= 0.3 is 11.9 Å². The molecular formula is C25H26O4. The molecule has 0 bridgehead atoms. The molecule has 4 heteroatoms. The van der Waals surface area contributed by atoms with Gasteiger partial charge in [-0.1, -0.05) is 69.3 Å². The van der Waals surface area contributed by atoms with Gasteiger partial charge in [0, 0.05) is 0 Å². The van der Waals surface area contributed by atoms with Gasteiger partial charge in [0.2, 0.25) is 0 Å². The van der Waals surface area contributed by atoms with Gasteiger partial charge in [-0.2, -0.15) is 0 Å². The summed E-state index contributed by atoms with van der Waals surface area (Å²) in [5.41, 5.74) is 2.02. The molecule has 0 saturated carbocycles. The van der Waals surface area contributed by atoms with E-state index in [1.54, 1.807) is 30.3 Å². The number of benzene rings is 2. The third kappa shape index (κ3) is 5.02. The number of aryl methyl sites for hydroxylation is 1. The van der Waals surface area contributed by atoms with Crippen LogP contribution in [0.15, 0.2) is 66.8 Å². The smallest absolute Gasteiger partial charge is 0.343 e. The van der Waals surface area contributed by atoms with E-state index in [1.807, 2.05) is 43.4 Å². The second kappa shape index (κ2) is 8.48. The minimum Gasteiger partial charge on any atom is -0.422 e. The highest BCUT2D eigenvalue weighted by Crippen LogP contribution is 2.38. The molecule has 29 heavy (non-hydrogen) atoms. The lowest BCUT2D eigenvalue weighted by atomic mass is 9.86. The Morgan fingerprint density at radius 1 is 1.00 bits per heavy atom. The standard InChI is InChI=1S/C25H26O4/c1-17-15-20(25(2,3)4)16-21(28-23(26)18-11-7-5-8-12-18)22(17)29-24(27)19-13-9-6-10-14-19/h5-11,13-16,18H,12H2,1-4H3. The zero-order valence-corrected chi connectivity index (χ0v) is 17.3. The van der Waals surface area contributed by atoms with E-state index in [0.717, 1.165) is 11.1 Å². The molecule has 1 unspecified atom stereocenters. The van der Waals surface area contributed by atoms with Crippen molar-refractivity contribution in [2.24, 2.45) is 5.92 Å². The predicted molar refractivity (Wildman–Crippen MR) is 113 cm³/mol. The molecule has 0 fully saturated rings. The maximum absolute atomic E-state index is 12.7. The zero-order chi connectivity index (χ0) is 21.0. The van der Waals surface area contributed by atoms with Crippen molar-refractivity contribution in [1.29, 1.82) is 0 Å². The molecular weight excluding hydrogens is 364 g/mol. The Kier molecular flexibility index (Phi) is 6.02. The second-order valence-corrected chi connectivity index (χ2v) is 8.20. The van der Waals surface area contributed by atoms with E-state index in [2.05, 4.69) is 20.8 Å². The molecule has 3 rings (SSSR count). The first-order chi connectivity index (χ1) is 13.8. The number of ether oxygens (including phenoxy) is 2. The van der Waals surface area contributed by atoms with Crippen LogP contribution in [-0.4, -0.2) is 11.9 Å². The number of carbonyl (C=O) groups excluding carboxylic acids is 2. The Morgan fingerprint density at radius 3 is 2.34 bits per heavy atom. The Hall–Kier alpha value is -3.14. The van der Waals surface area contributed by atoms with E-state index in [0.29, 0.717) is 12.0 Å². The quantitative estimate of drug-likeness (QED) is 0.507. The molecule has 0 N–H and O–H groups in total. The summed E-state index contributed by atoms with van der Waals surface area (Å²) in [4.78, 5) is 25.3. The minimum absolute atomic E-state index is 0.151. The zero-order valence-electron chi connectivity index (χ0n) is 17.3. The number of carbonyl (C=O) groups is 2. The third-order valence-corrected chi connectivity index (χ3v) is 4.80. The first-order valence-corrected chi connectivity index (χ1v) is 9.73. The van der Waals surface area contributed by atoms with E-state index in [-0.39, 0.29) is 28.8 Å². The number of hydrogen-bond donors (Lipinski definition) is 0. The van der Waals surface area contributed by atoms with Crippen molar-refractivity contribution >= 4 is 11.9 Å². The van der Waals surface area contributed by atoms with E-state index in [4.69, 9.17) is 9.47 Å². The molecule has 1 aliphatic carbocycles. The van der Waals surface area contributed by atoms with Gasteiger partial charge in [0.1, 0.15) is 0 Å². The highest BCUT2D eigenvalue weighted by atomic mass is 16.6. The first kappa shape index (κ1) is 20.6. The lowest BCUT2D eigenvalue weighted by molar-refractivity contribution is -0.137. The minimum atomic E-state index is -0.491. The van der Waals surface area contributed by atoms with Crippen LogP contribution < -0.4 is 9.47 Å². The van der Waals surface area contributed by atoms with Crippen molar-refractivity contribution in [3.05, 3.63) is 83.5 Å². The van der Waals surface area contributed by atoms with Crippen molar-refractivity contribution in [2.45, 2.75) is 39.5 Å². The topological polar surface area (TPSA) is 52.6 Å². The summed E-state index contributed by atoms with van der Waals surface area (Å²) in [6, 6.07) is 12.5. The van der Waals surface area contributed by atoms with Crippen molar-refractivity contribution < 1.29 is 19.1 Å². The van der Waals surface area contributed by atoms with Crippen LogP contribution in [0.5, 0.6) is 11.5 Å². The Balaban J connectivity index is 1.95. The SMILES string of the molecule is Cc1cc(C(C)(C)C)cc(OC(=O)C2C=CC=CC2)c1OC(=O)c1ccccc1. The van der Waals surface area contributed by atoms with Crippen LogP contribution >= 0.6 is 0 Å². The molecule has 0 amide bonds. The fourth-order valence-electron chi connectivity index (χ4n) is 3.05. The summed E-state index contributed by atoms with van der Waals surface area (Å²) in [5, 5.41) is 0. The van der Waals surface area contributed by atoms with Gasteiger partial charge in [0.25, 0.3) is 0 Å². The summed E-state index contributed by atoms with van der Waals surface area (Å²) in [7, 11) is 0.